The summed E-state index contributed by atoms with van der Waals surface area (Å²) in [6, 6.07) is 21.7. The summed E-state index contributed by atoms with van der Waals surface area (Å²) in [4.78, 5) is 16.1. The Bertz CT molecular complexity index is 1500. The zero-order valence-electron chi connectivity index (χ0n) is 20.3. The monoisotopic (exact) mass is 542 g/mol. The molecule has 188 valence electrons. The van der Waals surface area contributed by atoms with Crippen molar-refractivity contribution in [2.75, 3.05) is 10.6 Å². The van der Waals surface area contributed by atoms with Gasteiger partial charge in [-0.15, -0.1) is 0 Å². The smallest absolute Gasteiger partial charge is 0.323 e. The zero-order valence-corrected chi connectivity index (χ0v) is 21.8. The van der Waals surface area contributed by atoms with Gasteiger partial charge in [0, 0.05) is 29.6 Å². The molecule has 4 rings (SSSR count). The number of nitrogens with one attached hydrogen (secondary N) is 2. The van der Waals surface area contributed by atoms with Crippen molar-refractivity contribution in [2.24, 2.45) is 0 Å². The van der Waals surface area contributed by atoms with E-state index in [1.807, 2.05) is 32.0 Å². The lowest BCUT2D eigenvalue weighted by Gasteiger charge is -2.14. The third kappa shape index (κ3) is 6.35. The number of anilines is 2. The third-order valence-corrected chi connectivity index (χ3v) is 6.06. The second-order valence-electron chi connectivity index (χ2n) is 8.22. The Hall–Kier alpha value is -4.69. The Morgan fingerprint density at radius 3 is 1.82 bits per heavy atom. The number of benzene rings is 4. The first-order valence-corrected chi connectivity index (χ1v) is 12.0. The molecule has 38 heavy (non-hydrogen) atoms. The van der Waals surface area contributed by atoms with Crippen LogP contribution in [0.1, 0.15) is 16.7 Å². The maximum atomic E-state index is 12.7. The summed E-state index contributed by atoms with van der Waals surface area (Å²) in [7, 11) is 0. The summed E-state index contributed by atoms with van der Waals surface area (Å²) >= 11 is 12.2. The predicted molar refractivity (Wildman–Crippen MR) is 149 cm³/mol. The molecular weight excluding hydrogens is 523 g/mol. The highest BCUT2D eigenvalue weighted by Crippen LogP contribution is 2.34. The van der Waals surface area contributed by atoms with Crippen LogP contribution in [0, 0.1) is 31.8 Å². The molecule has 0 unspecified atom stereocenters. The van der Waals surface area contributed by atoms with Crippen molar-refractivity contribution in [3.63, 3.8) is 0 Å². The molecule has 0 bridgehead atoms. The molecule has 0 radical (unpaired) electrons. The quantitative estimate of drug-likeness (QED) is 0.237. The molecule has 0 spiro atoms. The van der Waals surface area contributed by atoms with E-state index in [9.17, 15) is 4.79 Å². The van der Waals surface area contributed by atoms with Gasteiger partial charge in [0.05, 0.1) is 22.2 Å². The van der Waals surface area contributed by atoms with Crippen molar-refractivity contribution in [3.8, 4) is 29.1 Å². The van der Waals surface area contributed by atoms with Gasteiger partial charge < -0.3 is 20.1 Å². The minimum absolute atomic E-state index is 0.293. The van der Waals surface area contributed by atoms with Crippen LogP contribution in [0.4, 0.5) is 21.9 Å². The van der Waals surface area contributed by atoms with E-state index >= 15 is 0 Å². The van der Waals surface area contributed by atoms with Crippen LogP contribution in [0.25, 0.3) is 4.85 Å². The number of rotatable bonds is 6. The number of aryl methyl sites for hydroxylation is 2. The Morgan fingerprint density at radius 1 is 0.816 bits per heavy atom. The van der Waals surface area contributed by atoms with Crippen LogP contribution in [0.2, 0.25) is 10.0 Å². The summed E-state index contributed by atoms with van der Waals surface area (Å²) in [6.45, 7) is 10.9. The van der Waals surface area contributed by atoms with Crippen LogP contribution in [-0.4, -0.2) is 6.03 Å². The predicted octanol–water partition coefficient (Wildman–Crippen LogP) is 9.26. The van der Waals surface area contributed by atoms with Crippen LogP contribution in [-0.2, 0) is 0 Å². The first-order valence-electron chi connectivity index (χ1n) is 11.3. The van der Waals surface area contributed by atoms with Gasteiger partial charge in [0.25, 0.3) is 0 Å². The van der Waals surface area contributed by atoms with E-state index in [-0.39, 0.29) is 0 Å². The van der Waals surface area contributed by atoms with E-state index in [4.69, 9.17) is 44.5 Å². The molecule has 2 N–H and O–H groups in total. The fourth-order valence-corrected chi connectivity index (χ4v) is 3.84. The van der Waals surface area contributed by atoms with Crippen molar-refractivity contribution in [1.29, 1.82) is 5.26 Å². The molecule has 0 heterocycles. The molecule has 4 aromatic rings. The molecule has 2 amide bonds. The lowest BCUT2D eigenvalue weighted by atomic mass is 10.2. The Balaban J connectivity index is 1.45. The van der Waals surface area contributed by atoms with Crippen LogP contribution in [0.3, 0.4) is 0 Å². The van der Waals surface area contributed by atoms with E-state index in [2.05, 4.69) is 15.5 Å². The van der Waals surface area contributed by atoms with Gasteiger partial charge in [0.2, 0.25) is 5.69 Å². The highest BCUT2D eigenvalue weighted by atomic mass is 35.5. The molecule has 0 aliphatic carbocycles. The molecule has 0 aromatic heterocycles. The van der Waals surface area contributed by atoms with Gasteiger partial charge in [-0.1, -0.05) is 41.4 Å². The van der Waals surface area contributed by atoms with Crippen molar-refractivity contribution in [3.05, 3.63) is 111 Å². The standard InChI is InChI=1S/C29H20Cl2N4O3/c1-17-4-7-20(12-27(17)37-22-9-6-19(16-32)24(30)14-22)34-29(36)35-21-8-5-18(2)28(13-21)38-23-10-11-26(33-3)25(31)15-23/h4-15H,1-2H3,(H2,34,35,36). The largest absolute Gasteiger partial charge is 0.457 e. The van der Waals surface area contributed by atoms with Crippen molar-refractivity contribution in [1.82, 2.24) is 0 Å². The van der Waals surface area contributed by atoms with Gasteiger partial charge >= 0.3 is 6.03 Å². The fourth-order valence-electron chi connectivity index (χ4n) is 3.41. The molecule has 0 aliphatic rings. The van der Waals surface area contributed by atoms with E-state index in [0.29, 0.717) is 55.7 Å². The van der Waals surface area contributed by atoms with E-state index in [1.165, 1.54) is 0 Å². The molecule has 0 atom stereocenters. The number of carbonyl (C=O) groups excluding carboxylic acids is 1. The van der Waals surface area contributed by atoms with Gasteiger partial charge in [-0.2, -0.15) is 5.26 Å². The minimum Gasteiger partial charge on any atom is -0.457 e. The summed E-state index contributed by atoms with van der Waals surface area (Å²) < 4.78 is 11.9. The average Bonchev–Trinajstić information content (AvgIpc) is 2.88. The summed E-state index contributed by atoms with van der Waals surface area (Å²) in [6.07, 6.45) is 0. The maximum absolute atomic E-state index is 12.7. The molecular formula is C29H20Cl2N4O3. The van der Waals surface area contributed by atoms with Crippen molar-refractivity contribution in [2.45, 2.75) is 13.8 Å². The first-order chi connectivity index (χ1) is 18.2. The lowest BCUT2D eigenvalue weighted by Crippen LogP contribution is -2.19. The number of nitriles is 1. The van der Waals surface area contributed by atoms with Crippen LogP contribution in [0.15, 0.2) is 72.8 Å². The van der Waals surface area contributed by atoms with Gasteiger partial charge in [0.15, 0.2) is 0 Å². The van der Waals surface area contributed by atoms with Crippen molar-refractivity contribution < 1.29 is 14.3 Å². The van der Waals surface area contributed by atoms with Crippen LogP contribution < -0.4 is 20.1 Å². The molecule has 0 saturated carbocycles. The van der Waals surface area contributed by atoms with Gasteiger partial charge in [0.1, 0.15) is 29.1 Å². The highest BCUT2D eigenvalue weighted by Gasteiger charge is 2.11. The number of hydrogen-bond acceptors (Lipinski definition) is 4. The van der Waals surface area contributed by atoms with E-state index < -0.39 is 6.03 Å². The molecule has 0 aliphatic heterocycles. The number of hydrogen-bond donors (Lipinski definition) is 2. The Labute approximate surface area is 230 Å². The SMILES string of the molecule is [C-]#[N+]c1ccc(Oc2cc(NC(=O)Nc3ccc(C)c(Oc4ccc(C#N)c(Cl)c4)c3)ccc2C)cc1Cl. The highest BCUT2D eigenvalue weighted by molar-refractivity contribution is 6.33. The number of urea groups is 1. The summed E-state index contributed by atoms with van der Waals surface area (Å²) in [5.74, 6) is 2.00. The normalized spacial score (nSPS) is 10.2. The molecule has 7 nitrogen and oxygen atoms in total. The second kappa shape index (κ2) is 11.6. The van der Waals surface area contributed by atoms with Gasteiger partial charge in [-0.05, 0) is 61.4 Å². The molecule has 0 saturated heterocycles. The van der Waals surface area contributed by atoms with Crippen LogP contribution >= 0.6 is 23.2 Å². The number of amides is 2. The minimum atomic E-state index is -0.458. The van der Waals surface area contributed by atoms with Crippen LogP contribution in [0.5, 0.6) is 23.0 Å². The maximum Gasteiger partial charge on any atom is 0.323 e. The van der Waals surface area contributed by atoms with E-state index in [1.54, 1.807) is 60.7 Å². The number of carbonyl (C=O) groups is 1. The first kappa shape index (κ1) is 26.4. The van der Waals surface area contributed by atoms with E-state index in [0.717, 1.165) is 11.1 Å². The third-order valence-electron chi connectivity index (χ3n) is 5.45. The second-order valence-corrected chi connectivity index (χ2v) is 9.04. The topological polar surface area (TPSA) is 87.7 Å². The zero-order chi connectivity index (χ0) is 27.2. The summed E-state index contributed by atoms with van der Waals surface area (Å²) in [5, 5.41) is 15.2. The molecule has 9 heteroatoms. The number of ether oxygens (including phenoxy) is 2. The average molecular weight is 543 g/mol. The molecule has 4 aromatic carbocycles. The Kier molecular flexibility index (Phi) is 8.03. The molecule has 0 fully saturated rings. The van der Waals surface area contributed by atoms with Crippen molar-refractivity contribution >= 4 is 46.3 Å². The van der Waals surface area contributed by atoms with Gasteiger partial charge in [-0.3, -0.25) is 0 Å². The van der Waals surface area contributed by atoms with Gasteiger partial charge in [-0.25, -0.2) is 9.64 Å². The number of nitrogens with zero attached hydrogens (tertiary/aromatic N) is 2. The Morgan fingerprint density at radius 2 is 1.34 bits per heavy atom. The lowest BCUT2D eigenvalue weighted by molar-refractivity contribution is 0.262. The number of halogens is 2. The fraction of sp³-hybridized carbons (Fsp3) is 0.0690. The summed E-state index contributed by atoms with van der Waals surface area (Å²) in [5.41, 5.74) is 3.43.